The molecule has 9 heteroatoms. The van der Waals surface area contributed by atoms with Crippen LogP contribution in [0.25, 0.3) is 11.3 Å². The molecule has 1 aromatic heterocycles. The first kappa shape index (κ1) is 24.5. The Morgan fingerprint density at radius 1 is 0.972 bits per heavy atom. The van der Waals surface area contributed by atoms with Gasteiger partial charge in [-0.2, -0.15) is 13.2 Å². The quantitative estimate of drug-likeness (QED) is 0.365. The Kier molecular flexibility index (Phi) is 7.09. The first-order valence-corrected chi connectivity index (χ1v) is 12.6. The highest BCUT2D eigenvalue weighted by molar-refractivity contribution is 5.62. The molecule has 1 aliphatic heterocycles. The number of nitrogens with two attached hydrogens (primary N) is 1. The van der Waals surface area contributed by atoms with E-state index in [-0.39, 0.29) is 18.1 Å². The molecule has 3 aromatic rings. The van der Waals surface area contributed by atoms with Crippen molar-refractivity contribution in [1.82, 2.24) is 10.3 Å². The van der Waals surface area contributed by atoms with Gasteiger partial charge in [-0.15, -0.1) is 0 Å². The maximum Gasteiger partial charge on any atom is 0.416 e. The largest absolute Gasteiger partial charge is 0.424 e. The molecule has 0 unspecified atom stereocenters. The predicted molar refractivity (Wildman–Crippen MR) is 136 cm³/mol. The van der Waals surface area contributed by atoms with Crippen LogP contribution in [0.4, 0.5) is 30.6 Å². The Morgan fingerprint density at radius 2 is 1.75 bits per heavy atom. The first-order valence-electron chi connectivity index (χ1n) is 12.6. The lowest BCUT2D eigenvalue weighted by Crippen LogP contribution is -2.54. The number of aromatic nitrogens is 1. The smallest absolute Gasteiger partial charge is 0.416 e. The zero-order valence-electron chi connectivity index (χ0n) is 20.1. The monoisotopic (exact) mass is 499 g/mol. The summed E-state index contributed by atoms with van der Waals surface area (Å²) in [6, 6.07) is 14.2. The van der Waals surface area contributed by atoms with Crippen molar-refractivity contribution in [3.05, 3.63) is 60.3 Å². The van der Waals surface area contributed by atoms with E-state index in [1.165, 1.54) is 12.1 Å². The molecule has 0 radical (unpaired) electrons. The minimum Gasteiger partial charge on any atom is -0.424 e. The van der Waals surface area contributed by atoms with E-state index < -0.39 is 11.7 Å². The molecule has 2 heterocycles. The van der Waals surface area contributed by atoms with Crippen molar-refractivity contribution in [2.24, 2.45) is 0 Å². The van der Waals surface area contributed by atoms with Gasteiger partial charge in [-0.25, -0.2) is 4.98 Å². The molecule has 2 aliphatic rings. The van der Waals surface area contributed by atoms with Gasteiger partial charge in [0.15, 0.2) is 5.76 Å². The second-order valence-electron chi connectivity index (χ2n) is 9.79. The molecule has 6 nitrogen and oxygen atoms in total. The van der Waals surface area contributed by atoms with Gasteiger partial charge in [-0.3, -0.25) is 0 Å². The molecule has 1 saturated carbocycles. The van der Waals surface area contributed by atoms with Crippen LogP contribution < -0.4 is 21.3 Å². The van der Waals surface area contributed by atoms with Gasteiger partial charge in [0.2, 0.25) is 0 Å². The summed E-state index contributed by atoms with van der Waals surface area (Å²) in [5.74, 6) is 0.671. The summed E-state index contributed by atoms with van der Waals surface area (Å²) in [7, 11) is 0. The molecule has 192 valence electrons. The van der Waals surface area contributed by atoms with Gasteiger partial charge in [-0.05, 0) is 62.1 Å². The fourth-order valence-electron chi connectivity index (χ4n) is 5.34. The van der Waals surface area contributed by atoms with Gasteiger partial charge >= 0.3 is 6.18 Å². The van der Waals surface area contributed by atoms with Gasteiger partial charge in [0.25, 0.3) is 6.01 Å². The molecular formula is C27H32F3N5O. The van der Waals surface area contributed by atoms with Crippen molar-refractivity contribution in [2.45, 2.75) is 62.8 Å². The lowest BCUT2D eigenvalue weighted by atomic mass is 9.89. The Hall–Kier alpha value is -3.20. The van der Waals surface area contributed by atoms with Crippen molar-refractivity contribution < 1.29 is 17.6 Å². The number of hydrogen-bond acceptors (Lipinski definition) is 6. The Labute approximate surface area is 209 Å². The van der Waals surface area contributed by atoms with Crippen LogP contribution in [0.1, 0.15) is 44.1 Å². The standard InChI is InChI=1S/C27H32F3N5O/c28-27(29,30)19-10-12-22(13-11-19)35-14-4-7-21(17-35)33-23-8-1-2-9-24(23)34-26-32-16-25(36-26)18-5-3-6-20(31)15-18/h3,5-6,10-13,15-16,21,23-24,33H,1-2,4,7-9,14,17,31H2,(H,32,34)/t21-,23+,24+/m0/s1. The van der Waals surface area contributed by atoms with Crippen molar-refractivity contribution >= 4 is 17.4 Å². The molecule has 36 heavy (non-hydrogen) atoms. The summed E-state index contributed by atoms with van der Waals surface area (Å²) < 4.78 is 44.8. The lowest BCUT2D eigenvalue weighted by molar-refractivity contribution is -0.137. The number of oxazole rings is 1. The normalized spacial score (nSPS) is 23.0. The highest BCUT2D eigenvalue weighted by Gasteiger charge is 2.32. The summed E-state index contributed by atoms with van der Waals surface area (Å²) in [6.07, 6.45) is 3.80. The number of nitrogens with zero attached hydrogens (tertiary/aromatic N) is 2. The maximum absolute atomic E-state index is 12.9. The number of rotatable bonds is 6. The van der Waals surface area contributed by atoms with Gasteiger partial charge in [0, 0.05) is 48.2 Å². The Bertz CT molecular complexity index is 1150. The van der Waals surface area contributed by atoms with Crippen LogP contribution >= 0.6 is 0 Å². The number of hydrogen-bond donors (Lipinski definition) is 3. The van der Waals surface area contributed by atoms with E-state index in [2.05, 4.69) is 20.5 Å². The van der Waals surface area contributed by atoms with Crippen LogP contribution in [-0.4, -0.2) is 36.2 Å². The molecule has 0 amide bonds. The average Bonchev–Trinajstić information content (AvgIpc) is 3.34. The van der Waals surface area contributed by atoms with E-state index in [4.69, 9.17) is 10.2 Å². The molecular weight excluding hydrogens is 467 g/mol. The summed E-state index contributed by atoms with van der Waals surface area (Å²) in [6.45, 7) is 1.62. The number of piperidine rings is 1. The van der Waals surface area contributed by atoms with Gasteiger partial charge in [0.1, 0.15) is 0 Å². The zero-order chi connectivity index (χ0) is 25.1. The van der Waals surface area contributed by atoms with Gasteiger partial charge < -0.3 is 25.7 Å². The van der Waals surface area contributed by atoms with E-state index in [1.54, 1.807) is 18.3 Å². The summed E-state index contributed by atoms with van der Waals surface area (Å²) >= 11 is 0. The highest BCUT2D eigenvalue weighted by atomic mass is 19.4. The predicted octanol–water partition coefficient (Wildman–Crippen LogP) is 5.92. The van der Waals surface area contributed by atoms with Crippen molar-refractivity contribution in [3.8, 4) is 11.3 Å². The van der Waals surface area contributed by atoms with Gasteiger partial charge in [0.05, 0.1) is 11.8 Å². The third-order valence-electron chi connectivity index (χ3n) is 7.18. The topological polar surface area (TPSA) is 79.3 Å². The second-order valence-corrected chi connectivity index (χ2v) is 9.79. The van der Waals surface area contributed by atoms with Crippen LogP contribution in [0.5, 0.6) is 0 Å². The van der Waals surface area contributed by atoms with E-state index >= 15 is 0 Å². The molecule has 4 N–H and O–H groups in total. The Balaban J connectivity index is 1.21. The second kappa shape index (κ2) is 10.4. The number of alkyl halides is 3. The zero-order valence-corrected chi connectivity index (χ0v) is 20.1. The number of halogens is 3. The van der Waals surface area contributed by atoms with E-state index in [0.29, 0.717) is 17.5 Å². The van der Waals surface area contributed by atoms with Crippen molar-refractivity contribution in [3.63, 3.8) is 0 Å². The summed E-state index contributed by atoms with van der Waals surface area (Å²) in [5, 5.41) is 7.34. The van der Waals surface area contributed by atoms with Crippen molar-refractivity contribution in [2.75, 3.05) is 29.0 Å². The van der Waals surface area contributed by atoms with Crippen LogP contribution in [0, 0.1) is 0 Å². The first-order chi connectivity index (χ1) is 17.3. The Morgan fingerprint density at radius 3 is 2.50 bits per heavy atom. The molecule has 1 saturated heterocycles. The van der Waals surface area contributed by atoms with Crippen LogP contribution in [0.2, 0.25) is 0 Å². The third kappa shape index (κ3) is 5.78. The molecule has 2 aromatic carbocycles. The summed E-state index contributed by atoms with van der Waals surface area (Å²) in [4.78, 5) is 6.62. The summed E-state index contributed by atoms with van der Waals surface area (Å²) in [5.41, 5.74) is 7.68. The lowest BCUT2D eigenvalue weighted by Gasteiger charge is -2.40. The van der Waals surface area contributed by atoms with Crippen LogP contribution in [-0.2, 0) is 6.18 Å². The fourth-order valence-corrected chi connectivity index (χ4v) is 5.34. The van der Waals surface area contributed by atoms with E-state index in [9.17, 15) is 13.2 Å². The maximum atomic E-state index is 12.9. The molecule has 1 aliphatic carbocycles. The van der Waals surface area contributed by atoms with Crippen molar-refractivity contribution in [1.29, 1.82) is 0 Å². The minimum absolute atomic E-state index is 0.188. The fraction of sp³-hybridized carbons (Fsp3) is 0.444. The van der Waals surface area contributed by atoms with Gasteiger partial charge in [-0.1, -0.05) is 25.0 Å². The highest BCUT2D eigenvalue weighted by Crippen LogP contribution is 2.32. The van der Waals surface area contributed by atoms with Crippen LogP contribution in [0.15, 0.2) is 59.1 Å². The SMILES string of the molecule is Nc1cccc(-c2cnc(N[C@@H]3CCCC[C@H]3N[C@H]3CCCN(c4ccc(C(F)(F)F)cc4)C3)o2)c1. The third-order valence-corrected chi connectivity index (χ3v) is 7.18. The number of benzene rings is 2. The molecule has 3 atom stereocenters. The molecule has 0 bridgehead atoms. The number of nitrogen functional groups attached to an aromatic ring is 1. The molecule has 2 fully saturated rings. The van der Waals surface area contributed by atoms with E-state index in [0.717, 1.165) is 62.9 Å². The van der Waals surface area contributed by atoms with Crippen LogP contribution in [0.3, 0.4) is 0 Å². The van der Waals surface area contributed by atoms with E-state index in [1.807, 2.05) is 24.3 Å². The number of nitrogens with one attached hydrogen (secondary N) is 2. The minimum atomic E-state index is -4.31. The molecule has 5 rings (SSSR count). The number of anilines is 3. The average molecular weight is 500 g/mol. The molecule has 0 spiro atoms.